The van der Waals surface area contributed by atoms with Gasteiger partial charge in [-0.25, -0.2) is 0 Å². The normalized spacial score (nSPS) is 10.5. The van der Waals surface area contributed by atoms with Crippen molar-refractivity contribution in [1.29, 1.82) is 0 Å². The monoisotopic (exact) mass is 168 g/mol. The van der Waals surface area contributed by atoms with Crippen molar-refractivity contribution in [2.75, 3.05) is 0 Å². The third kappa shape index (κ3) is 2.23. The minimum absolute atomic E-state index is 0.596. The zero-order chi connectivity index (χ0) is 8.27. The first-order chi connectivity index (χ1) is 5.24. The maximum atomic E-state index is 5.70. The Morgan fingerprint density at radius 1 is 1.36 bits per heavy atom. The van der Waals surface area contributed by atoms with Gasteiger partial charge in [-0.15, -0.1) is 11.6 Å². The van der Waals surface area contributed by atoms with E-state index in [1.807, 2.05) is 0 Å². The first-order valence-corrected chi connectivity index (χ1v) is 4.42. The molecule has 0 amide bonds. The average molecular weight is 169 g/mol. The molecule has 0 aromatic heterocycles. The highest BCUT2D eigenvalue weighted by atomic mass is 35.5. The molecule has 0 aliphatic heterocycles. The minimum atomic E-state index is 0.596. The first-order valence-electron chi connectivity index (χ1n) is 3.89. The van der Waals surface area contributed by atoms with E-state index in [1.54, 1.807) is 0 Å². The fourth-order valence-corrected chi connectivity index (χ4v) is 1.20. The van der Waals surface area contributed by atoms with Gasteiger partial charge in [0.15, 0.2) is 0 Å². The Morgan fingerprint density at radius 3 is 2.64 bits per heavy atom. The Morgan fingerprint density at radius 2 is 2.09 bits per heavy atom. The number of hydrogen-bond acceptors (Lipinski definition) is 0. The van der Waals surface area contributed by atoms with Crippen LogP contribution in [-0.4, -0.2) is 0 Å². The standard InChI is InChI=1S/C10H13Cl/c1-8(2)10-5-3-4-9(6-10)7-11/h3-6,8H,7H2,1-2H3. The van der Waals surface area contributed by atoms with Crippen molar-refractivity contribution in [1.82, 2.24) is 0 Å². The Balaban J connectivity index is 2.91. The van der Waals surface area contributed by atoms with Crippen LogP contribution in [0.15, 0.2) is 24.3 Å². The van der Waals surface area contributed by atoms with Crippen molar-refractivity contribution in [3.8, 4) is 0 Å². The van der Waals surface area contributed by atoms with E-state index in [0.29, 0.717) is 11.8 Å². The van der Waals surface area contributed by atoms with Gasteiger partial charge >= 0.3 is 0 Å². The molecule has 0 saturated heterocycles. The molecule has 0 N–H and O–H groups in total. The molecule has 0 unspecified atom stereocenters. The highest BCUT2D eigenvalue weighted by Crippen LogP contribution is 2.16. The third-order valence-corrected chi connectivity index (χ3v) is 2.08. The molecule has 0 atom stereocenters. The van der Waals surface area contributed by atoms with Crippen LogP contribution in [0.2, 0.25) is 0 Å². The van der Waals surface area contributed by atoms with E-state index in [0.717, 1.165) is 0 Å². The van der Waals surface area contributed by atoms with Crippen LogP contribution in [0.5, 0.6) is 0 Å². The Bertz CT molecular complexity index is 228. The van der Waals surface area contributed by atoms with Crippen molar-refractivity contribution in [3.63, 3.8) is 0 Å². The summed E-state index contributed by atoms with van der Waals surface area (Å²) in [4.78, 5) is 0. The van der Waals surface area contributed by atoms with E-state index in [-0.39, 0.29) is 0 Å². The number of hydrogen-bond donors (Lipinski definition) is 0. The topological polar surface area (TPSA) is 0 Å². The zero-order valence-corrected chi connectivity index (χ0v) is 7.73. The number of benzene rings is 1. The Labute approximate surface area is 73.2 Å². The van der Waals surface area contributed by atoms with E-state index in [4.69, 9.17) is 11.6 Å². The number of halogens is 1. The van der Waals surface area contributed by atoms with Gasteiger partial charge in [0, 0.05) is 5.88 Å². The van der Waals surface area contributed by atoms with Gasteiger partial charge in [0.05, 0.1) is 0 Å². The molecule has 1 rings (SSSR count). The summed E-state index contributed by atoms with van der Waals surface area (Å²) in [7, 11) is 0. The molecular weight excluding hydrogens is 156 g/mol. The summed E-state index contributed by atoms with van der Waals surface area (Å²) in [6, 6.07) is 8.42. The average Bonchev–Trinajstić information content (AvgIpc) is 2.05. The fraction of sp³-hybridized carbons (Fsp3) is 0.400. The molecule has 0 heterocycles. The molecule has 0 saturated carbocycles. The van der Waals surface area contributed by atoms with Crippen molar-refractivity contribution < 1.29 is 0 Å². The van der Waals surface area contributed by atoms with E-state index < -0.39 is 0 Å². The Kier molecular flexibility index (Phi) is 2.95. The van der Waals surface area contributed by atoms with Crippen LogP contribution in [0, 0.1) is 0 Å². The molecule has 0 aliphatic rings. The summed E-state index contributed by atoms with van der Waals surface area (Å²) >= 11 is 5.70. The van der Waals surface area contributed by atoms with Crippen LogP contribution in [0.25, 0.3) is 0 Å². The maximum absolute atomic E-state index is 5.70. The zero-order valence-electron chi connectivity index (χ0n) is 6.97. The first kappa shape index (κ1) is 8.61. The molecular formula is C10H13Cl. The van der Waals surface area contributed by atoms with Crippen LogP contribution in [0.1, 0.15) is 30.9 Å². The highest BCUT2D eigenvalue weighted by molar-refractivity contribution is 6.17. The number of alkyl halides is 1. The molecule has 0 bridgehead atoms. The second-order valence-electron chi connectivity index (χ2n) is 3.03. The molecule has 0 spiro atoms. The highest BCUT2D eigenvalue weighted by Gasteiger charge is 1.98. The second-order valence-corrected chi connectivity index (χ2v) is 3.30. The van der Waals surface area contributed by atoms with Gasteiger partial charge in [0.25, 0.3) is 0 Å². The fourth-order valence-electron chi connectivity index (χ4n) is 1.04. The van der Waals surface area contributed by atoms with Gasteiger partial charge in [0.2, 0.25) is 0 Å². The molecule has 11 heavy (non-hydrogen) atoms. The smallest absolute Gasteiger partial charge is 0.0474 e. The summed E-state index contributed by atoms with van der Waals surface area (Å²) in [5, 5.41) is 0. The van der Waals surface area contributed by atoms with Crippen LogP contribution in [0.3, 0.4) is 0 Å². The molecule has 0 nitrogen and oxygen atoms in total. The summed E-state index contributed by atoms with van der Waals surface area (Å²) in [5.74, 6) is 1.21. The van der Waals surface area contributed by atoms with Gasteiger partial charge in [-0.1, -0.05) is 38.1 Å². The lowest BCUT2D eigenvalue weighted by molar-refractivity contribution is 0.864. The largest absolute Gasteiger partial charge is 0.122 e. The lowest BCUT2D eigenvalue weighted by atomic mass is 10.0. The van der Waals surface area contributed by atoms with Gasteiger partial charge in [0.1, 0.15) is 0 Å². The molecule has 60 valence electrons. The van der Waals surface area contributed by atoms with Gasteiger partial charge in [-0.05, 0) is 17.0 Å². The molecule has 1 heteroatoms. The predicted octanol–water partition coefficient (Wildman–Crippen LogP) is 3.55. The molecule has 1 aromatic rings. The second kappa shape index (κ2) is 3.77. The lowest BCUT2D eigenvalue weighted by Crippen LogP contribution is -1.87. The van der Waals surface area contributed by atoms with Crippen LogP contribution < -0.4 is 0 Å². The van der Waals surface area contributed by atoms with E-state index >= 15 is 0 Å². The van der Waals surface area contributed by atoms with Crippen molar-refractivity contribution in [2.45, 2.75) is 25.6 Å². The minimum Gasteiger partial charge on any atom is -0.122 e. The summed E-state index contributed by atoms with van der Waals surface area (Å²) in [6.45, 7) is 4.38. The van der Waals surface area contributed by atoms with E-state index in [9.17, 15) is 0 Å². The van der Waals surface area contributed by atoms with Gasteiger partial charge in [-0.3, -0.25) is 0 Å². The van der Waals surface area contributed by atoms with E-state index in [2.05, 4.69) is 38.1 Å². The third-order valence-electron chi connectivity index (χ3n) is 1.77. The lowest BCUT2D eigenvalue weighted by Gasteiger charge is -2.05. The van der Waals surface area contributed by atoms with Crippen molar-refractivity contribution in [3.05, 3.63) is 35.4 Å². The quantitative estimate of drug-likeness (QED) is 0.593. The Hall–Kier alpha value is -0.490. The van der Waals surface area contributed by atoms with Gasteiger partial charge in [-0.2, -0.15) is 0 Å². The summed E-state index contributed by atoms with van der Waals surface area (Å²) < 4.78 is 0. The SMILES string of the molecule is CC(C)c1cccc(CCl)c1. The van der Waals surface area contributed by atoms with E-state index in [1.165, 1.54) is 11.1 Å². The maximum Gasteiger partial charge on any atom is 0.0474 e. The van der Waals surface area contributed by atoms with Crippen LogP contribution >= 0.6 is 11.6 Å². The van der Waals surface area contributed by atoms with Crippen LogP contribution in [-0.2, 0) is 5.88 Å². The molecule has 0 fully saturated rings. The number of rotatable bonds is 2. The van der Waals surface area contributed by atoms with Gasteiger partial charge < -0.3 is 0 Å². The summed E-state index contributed by atoms with van der Waals surface area (Å²) in [5.41, 5.74) is 2.57. The molecule has 0 aliphatic carbocycles. The van der Waals surface area contributed by atoms with Crippen molar-refractivity contribution in [2.24, 2.45) is 0 Å². The summed E-state index contributed by atoms with van der Waals surface area (Å²) in [6.07, 6.45) is 0. The predicted molar refractivity (Wildman–Crippen MR) is 50.1 cm³/mol. The molecule has 1 aromatic carbocycles. The van der Waals surface area contributed by atoms with Crippen molar-refractivity contribution >= 4 is 11.6 Å². The molecule has 0 radical (unpaired) electrons. The van der Waals surface area contributed by atoms with Crippen LogP contribution in [0.4, 0.5) is 0 Å².